The summed E-state index contributed by atoms with van der Waals surface area (Å²) in [5.41, 5.74) is 1.04. The van der Waals surface area contributed by atoms with Crippen LogP contribution in [0.15, 0.2) is 35.3 Å². The number of hydrogen-bond donors (Lipinski definition) is 4. The number of aliphatic hydroxyl groups excluding tert-OH is 1. The molecule has 0 aliphatic heterocycles. The molecule has 154 valence electrons. The van der Waals surface area contributed by atoms with E-state index in [1.54, 1.807) is 7.05 Å². The predicted molar refractivity (Wildman–Crippen MR) is 120 cm³/mol. The fourth-order valence-electron chi connectivity index (χ4n) is 2.77. The Morgan fingerprint density at radius 1 is 1.26 bits per heavy atom. The molecule has 1 aromatic rings. The number of sulfonamides is 1. The SMILES string of the molecule is CN=C(NCCS(=O)(=O)NCC1CCC1)NCC(CO)c1ccccc1.I. The number of benzene rings is 1. The van der Waals surface area contributed by atoms with Crippen molar-refractivity contribution >= 4 is 40.0 Å². The molecule has 27 heavy (non-hydrogen) atoms. The van der Waals surface area contributed by atoms with E-state index < -0.39 is 10.0 Å². The summed E-state index contributed by atoms with van der Waals surface area (Å²) in [4.78, 5) is 4.10. The van der Waals surface area contributed by atoms with Gasteiger partial charge < -0.3 is 15.7 Å². The van der Waals surface area contributed by atoms with Gasteiger partial charge in [0.05, 0.1) is 12.4 Å². The molecule has 1 aliphatic carbocycles. The van der Waals surface area contributed by atoms with Gasteiger partial charge in [-0.05, 0) is 24.3 Å². The maximum Gasteiger partial charge on any atom is 0.213 e. The first-order chi connectivity index (χ1) is 12.5. The molecule has 1 saturated carbocycles. The van der Waals surface area contributed by atoms with Crippen molar-refractivity contribution in [3.8, 4) is 0 Å². The molecule has 4 N–H and O–H groups in total. The lowest BCUT2D eigenvalue weighted by molar-refractivity contribution is 0.265. The van der Waals surface area contributed by atoms with E-state index in [-0.39, 0.29) is 48.8 Å². The zero-order valence-corrected chi connectivity index (χ0v) is 18.9. The third-order valence-electron chi connectivity index (χ3n) is 4.71. The monoisotopic (exact) mass is 510 g/mol. The van der Waals surface area contributed by atoms with E-state index in [0.717, 1.165) is 18.4 Å². The normalized spacial score (nSPS) is 16.1. The van der Waals surface area contributed by atoms with E-state index in [9.17, 15) is 13.5 Å². The van der Waals surface area contributed by atoms with Crippen molar-refractivity contribution in [1.29, 1.82) is 0 Å². The number of guanidine groups is 1. The van der Waals surface area contributed by atoms with Crippen LogP contribution in [0.4, 0.5) is 0 Å². The quantitative estimate of drug-likeness (QED) is 0.216. The van der Waals surface area contributed by atoms with Crippen LogP contribution in [-0.2, 0) is 10.0 Å². The van der Waals surface area contributed by atoms with Crippen molar-refractivity contribution < 1.29 is 13.5 Å². The van der Waals surface area contributed by atoms with E-state index in [1.807, 2.05) is 30.3 Å². The minimum atomic E-state index is -3.27. The highest BCUT2D eigenvalue weighted by Gasteiger charge is 2.20. The molecule has 1 aromatic carbocycles. The van der Waals surface area contributed by atoms with Crippen LogP contribution in [0.5, 0.6) is 0 Å². The molecule has 0 aromatic heterocycles. The first-order valence-electron chi connectivity index (χ1n) is 9.11. The number of nitrogens with one attached hydrogen (secondary N) is 3. The second kappa shape index (κ2) is 12.5. The summed E-state index contributed by atoms with van der Waals surface area (Å²) in [6, 6.07) is 9.75. The van der Waals surface area contributed by atoms with Gasteiger partial charge in [0.25, 0.3) is 0 Å². The van der Waals surface area contributed by atoms with Crippen LogP contribution >= 0.6 is 24.0 Å². The Kier molecular flexibility index (Phi) is 11.2. The molecule has 0 bridgehead atoms. The summed E-state index contributed by atoms with van der Waals surface area (Å²) in [7, 11) is -1.64. The molecule has 0 radical (unpaired) electrons. The number of halogens is 1. The topological polar surface area (TPSA) is 103 Å². The Balaban J connectivity index is 0.00000364. The average molecular weight is 510 g/mol. The lowest BCUT2D eigenvalue weighted by Crippen LogP contribution is -2.43. The molecular weight excluding hydrogens is 479 g/mol. The van der Waals surface area contributed by atoms with Crippen LogP contribution < -0.4 is 15.4 Å². The van der Waals surface area contributed by atoms with Gasteiger partial charge >= 0.3 is 0 Å². The Labute approximate surface area is 179 Å². The molecule has 0 heterocycles. The minimum Gasteiger partial charge on any atom is -0.396 e. The van der Waals surface area contributed by atoms with Crippen molar-refractivity contribution in [2.45, 2.75) is 25.2 Å². The third kappa shape index (κ3) is 8.75. The maximum absolute atomic E-state index is 12.0. The van der Waals surface area contributed by atoms with E-state index in [2.05, 4.69) is 20.3 Å². The van der Waals surface area contributed by atoms with Crippen LogP contribution in [0.1, 0.15) is 30.7 Å². The van der Waals surface area contributed by atoms with Gasteiger partial charge in [0, 0.05) is 32.6 Å². The Hall–Kier alpha value is -0.910. The van der Waals surface area contributed by atoms with Crippen LogP contribution in [0.25, 0.3) is 0 Å². The summed E-state index contributed by atoms with van der Waals surface area (Å²) in [5.74, 6) is 0.972. The lowest BCUT2D eigenvalue weighted by atomic mass is 9.86. The van der Waals surface area contributed by atoms with Gasteiger partial charge in [-0.2, -0.15) is 0 Å². The molecule has 7 nitrogen and oxygen atoms in total. The molecule has 9 heteroatoms. The Bertz CT molecular complexity index is 666. The molecule has 0 saturated heterocycles. The largest absolute Gasteiger partial charge is 0.396 e. The molecule has 1 aliphatic rings. The fourth-order valence-corrected chi connectivity index (χ4v) is 3.78. The Morgan fingerprint density at radius 3 is 2.52 bits per heavy atom. The molecule has 2 rings (SSSR count). The van der Waals surface area contributed by atoms with Crippen molar-refractivity contribution in [3.05, 3.63) is 35.9 Å². The molecule has 1 atom stereocenters. The lowest BCUT2D eigenvalue weighted by Gasteiger charge is -2.25. The fraction of sp³-hybridized carbons (Fsp3) is 0.611. The molecule has 0 spiro atoms. The average Bonchev–Trinajstić information content (AvgIpc) is 2.60. The number of aliphatic imine (C=N–C) groups is 1. The molecule has 1 fully saturated rings. The summed E-state index contributed by atoms with van der Waals surface area (Å²) >= 11 is 0. The molecule has 0 amide bonds. The number of rotatable bonds is 10. The molecule has 1 unspecified atom stereocenters. The predicted octanol–water partition coefficient (Wildman–Crippen LogP) is 1.27. The second-order valence-electron chi connectivity index (χ2n) is 6.63. The van der Waals surface area contributed by atoms with E-state index in [4.69, 9.17) is 0 Å². The van der Waals surface area contributed by atoms with Crippen molar-refractivity contribution in [2.24, 2.45) is 10.9 Å². The summed E-state index contributed by atoms with van der Waals surface area (Å²) < 4.78 is 26.7. The van der Waals surface area contributed by atoms with Gasteiger partial charge in [0.2, 0.25) is 10.0 Å². The second-order valence-corrected chi connectivity index (χ2v) is 8.56. The van der Waals surface area contributed by atoms with Crippen molar-refractivity contribution in [2.75, 3.05) is 39.0 Å². The zero-order chi connectivity index (χ0) is 18.8. The molecular formula is C18H31IN4O3S. The van der Waals surface area contributed by atoms with Crippen LogP contribution in [0, 0.1) is 5.92 Å². The van der Waals surface area contributed by atoms with Crippen molar-refractivity contribution in [1.82, 2.24) is 15.4 Å². The highest BCUT2D eigenvalue weighted by Crippen LogP contribution is 2.25. The highest BCUT2D eigenvalue weighted by molar-refractivity contribution is 14.0. The van der Waals surface area contributed by atoms with E-state index >= 15 is 0 Å². The summed E-state index contributed by atoms with van der Waals surface area (Å²) in [6.07, 6.45) is 3.43. The maximum atomic E-state index is 12.0. The van der Waals surface area contributed by atoms with Gasteiger partial charge in [0.1, 0.15) is 0 Å². The smallest absolute Gasteiger partial charge is 0.213 e. The minimum absolute atomic E-state index is 0. The van der Waals surface area contributed by atoms with Crippen LogP contribution in [0.2, 0.25) is 0 Å². The highest BCUT2D eigenvalue weighted by atomic mass is 127. The van der Waals surface area contributed by atoms with E-state index in [0.29, 0.717) is 25.0 Å². The Morgan fingerprint density at radius 2 is 1.96 bits per heavy atom. The zero-order valence-electron chi connectivity index (χ0n) is 15.7. The number of aliphatic hydroxyl groups is 1. The third-order valence-corrected chi connectivity index (χ3v) is 6.06. The van der Waals surface area contributed by atoms with Gasteiger partial charge in [-0.1, -0.05) is 36.8 Å². The van der Waals surface area contributed by atoms with Gasteiger partial charge in [-0.15, -0.1) is 24.0 Å². The standard InChI is InChI=1S/C18H30N4O3S.HI/c1-19-18(21-13-17(14-23)16-8-3-2-4-9-16)20-10-11-26(24,25)22-12-15-6-5-7-15;/h2-4,8-9,15,17,22-23H,5-7,10-14H2,1H3,(H2,19,20,21);1H. The van der Waals surface area contributed by atoms with E-state index in [1.165, 1.54) is 6.42 Å². The van der Waals surface area contributed by atoms with Gasteiger partial charge in [-0.25, -0.2) is 13.1 Å². The number of hydrogen-bond acceptors (Lipinski definition) is 4. The van der Waals surface area contributed by atoms with Crippen LogP contribution in [-0.4, -0.2) is 58.5 Å². The van der Waals surface area contributed by atoms with Gasteiger partial charge in [0.15, 0.2) is 5.96 Å². The van der Waals surface area contributed by atoms with Gasteiger partial charge in [-0.3, -0.25) is 4.99 Å². The summed E-state index contributed by atoms with van der Waals surface area (Å²) in [6.45, 7) is 1.35. The first kappa shape index (κ1) is 24.1. The number of nitrogens with zero attached hydrogens (tertiary/aromatic N) is 1. The first-order valence-corrected chi connectivity index (χ1v) is 10.8. The summed E-state index contributed by atoms with van der Waals surface area (Å²) in [5, 5.41) is 15.7. The van der Waals surface area contributed by atoms with Crippen LogP contribution in [0.3, 0.4) is 0 Å². The van der Waals surface area contributed by atoms with Crippen molar-refractivity contribution in [3.63, 3.8) is 0 Å².